The van der Waals surface area contributed by atoms with E-state index in [1.807, 2.05) is 4.90 Å². The highest BCUT2D eigenvalue weighted by molar-refractivity contribution is 5.85. The molecule has 0 aliphatic carbocycles. The number of halogens is 1. The van der Waals surface area contributed by atoms with Crippen molar-refractivity contribution < 1.29 is 4.79 Å². The normalized spacial score (nSPS) is 20.3. The highest BCUT2D eigenvalue weighted by Crippen LogP contribution is 2.17. The first-order valence-electron chi connectivity index (χ1n) is 9.58. The molecule has 0 saturated carbocycles. The van der Waals surface area contributed by atoms with Gasteiger partial charge in [0.25, 0.3) is 11.1 Å². The number of nitrogens with one attached hydrogen (secondary N) is 2. The summed E-state index contributed by atoms with van der Waals surface area (Å²) < 4.78 is 1.26. The van der Waals surface area contributed by atoms with E-state index in [1.54, 1.807) is 24.3 Å². The summed E-state index contributed by atoms with van der Waals surface area (Å²) in [7, 11) is 0. The number of hydrogen-bond acceptors (Lipinski definition) is 5. The molecule has 2 aliphatic rings. The number of carbonyl (C=O) groups is 1. The molecule has 9 heteroatoms. The molecule has 1 atom stereocenters. The van der Waals surface area contributed by atoms with Gasteiger partial charge in [0.1, 0.15) is 0 Å². The summed E-state index contributed by atoms with van der Waals surface area (Å²) in [6, 6.07) is 7.17. The number of likely N-dealkylation sites (tertiary alicyclic amines) is 1. The Morgan fingerprint density at radius 2 is 1.79 bits per heavy atom. The van der Waals surface area contributed by atoms with Crippen LogP contribution in [-0.2, 0) is 11.3 Å². The lowest BCUT2D eigenvalue weighted by Crippen LogP contribution is -2.49. The number of piperazine rings is 1. The zero-order chi connectivity index (χ0) is 18.8. The van der Waals surface area contributed by atoms with E-state index in [2.05, 4.69) is 15.3 Å². The minimum Gasteiger partial charge on any atom is -0.341 e. The molecule has 3 heterocycles. The zero-order valence-electron chi connectivity index (χ0n) is 15.7. The average Bonchev–Trinajstić information content (AvgIpc) is 3.20. The fourth-order valence-corrected chi connectivity index (χ4v) is 4.08. The minimum absolute atomic E-state index is 0. The topological polar surface area (TPSA) is 90.4 Å². The fraction of sp³-hybridized carbons (Fsp3) is 0.526. The van der Waals surface area contributed by atoms with Crippen LogP contribution in [0.4, 0.5) is 0 Å². The summed E-state index contributed by atoms with van der Waals surface area (Å²) in [4.78, 5) is 41.6. The molecule has 8 nitrogen and oxygen atoms in total. The van der Waals surface area contributed by atoms with Crippen LogP contribution >= 0.6 is 12.4 Å². The van der Waals surface area contributed by atoms with E-state index < -0.39 is 0 Å². The third-order valence-electron chi connectivity index (χ3n) is 5.62. The van der Waals surface area contributed by atoms with Gasteiger partial charge in [0.2, 0.25) is 5.91 Å². The van der Waals surface area contributed by atoms with Crippen molar-refractivity contribution >= 4 is 29.1 Å². The molecule has 0 bridgehead atoms. The number of hydrogen-bond donors (Lipinski definition) is 2. The highest BCUT2D eigenvalue weighted by Gasteiger charge is 2.30. The van der Waals surface area contributed by atoms with Gasteiger partial charge in [-0.3, -0.25) is 24.4 Å². The Kier molecular flexibility index (Phi) is 6.53. The molecule has 152 valence electrons. The van der Waals surface area contributed by atoms with Crippen LogP contribution in [-0.4, -0.2) is 70.8 Å². The zero-order valence-corrected chi connectivity index (χ0v) is 16.5. The second kappa shape index (κ2) is 8.89. The highest BCUT2D eigenvalue weighted by atomic mass is 35.5. The molecule has 0 radical (unpaired) electrons. The molecular formula is C19H26ClN5O3. The maximum absolute atomic E-state index is 12.6. The van der Waals surface area contributed by atoms with Crippen molar-refractivity contribution in [1.29, 1.82) is 0 Å². The number of benzene rings is 1. The van der Waals surface area contributed by atoms with E-state index in [1.165, 1.54) is 4.68 Å². The molecule has 2 saturated heterocycles. The second-order valence-corrected chi connectivity index (χ2v) is 7.26. The smallest absolute Gasteiger partial charge is 0.273 e. The molecule has 28 heavy (non-hydrogen) atoms. The Hall–Kier alpha value is -2.16. The predicted molar refractivity (Wildman–Crippen MR) is 110 cm³/mol. The summed E-state index contributed by atoms with van der Waals surface area (Å²) in [5.41, 5.74) is -0.573. The number of aromatic amines is 1. The van der Waals surface area contributed by atoms with Crippen LogP contribution in [0, 0.1) is 0 Å². The average molecular weight is 408 g/mol. The number of fused-ring (bicyclic) bond motifs is 1. The third kappa shape index (κ3) is 4.14. The molecule has 2 N–H and O–H groups in total. The maximum atomic E-state index is 12.6. The van der Waals surface area contributed by atoms with Gasteiger partial charge in [0, 0.05) is 51.7 Å². The molecule has 1 amide bonds. The van der Waals surface area contributed by atoms with Crippen LogP contribution in [0.15, 0.2) is 33.9 Å². The SMILES string of the molecule is Cl.O=C(CCn1[nH]c(=O)c2ccccc2c1=O)N1CCC(N2CCNCC2)C1. The van der Waals surface area contributed by atoms with Crippen molar-refractivity contribution in [1.82, 2.24) is 24.9 Å². The number of aromatic nitrogens is 2. The lowest BCUT2D eigenvalue weighted by Gasteiger charge is -2.32. The number of carbonyl (C=O) groups excluding carboxylic acids is 1. The standard InChI is InChI=1S/C19H25N5O3.ClH/c25-17(23-9-5-14(13-23)22-11-7-20-8-12-22)6-10-24-19(27)16-4-2-1-3-15(16)18(26)21-24;/h1-4,14,20H,5-13H2,(H,21,26);1H. The van der Waals surface area contributed by atoms with Crippen LogP contribution in [0.1, 0.15) is 12.8 Å². The van der Waals surface area contributed by atoms with Crippen LogP contribution in [0.25, 0.3) is 10.8 Å². The Balaban J connectivity index is 0.00000225. The molecule has 4 rings (SSSR count). The van der Waals surface area contributed by atoms with E-state index in [0.29, 0.717) is 16.8 Å². The molecular weight excluding hydrogens is 382 g/mol. The third-order valence-corrected chi connectivity index (χ3v) is 5.62. The predicted octanol–water partition coefficient (Wildman–Crippen LogP) is 0.00780. The molecule has 2 fully saturated rings. The lowest BCUT2D eigenvalue weighted by atomic mass is 10.2. The van der Waals surface area contributed by atoms with Gasteiger partial charge in [-0.15, -0.1) is 12.4 Å². The van der Waals surface area contributed by atoms with Gasteiger partial charge in [0.15, 0.2) is 0 Å². The molecule has 1 aromatic carbocycles. The second-order valence-electron chi connectivity index (χ2n) is 7.26. The molecule has 0 spiro atoms. The number of nitrogens with zero attached hydrogens (tertiary/aromatic N) is 3. The molecule has 1 unspecified atom stereocenters. The van der Waals surface area contributed by atoms with Crippen LogP contribution in [0.2, 0.25) is 0 Å². The van der Waals surface area contributed by atoms with E-state index >= 15 is 0 Å². The van der Waals surface area contributed by atoms with Crippen molar-refractivity contribution in [2.75, 3.05) is 39.3 Å². The first-order valence-corrected chi connectivity index (χ1v) is 9.58. The van der Waals surface area contributed by atoms with Crippen LogP contribution in [0.3, 0.4) is 0 Å². The van der Waals surface area contributed by atoms with Crippen molar-refractivity contribution in [2.45, 2.75) is 25.4 Å². The Morgan fingerprint density at radius 1 is 1.07 bits per heavy atom. The van der Waals surface area contributed by atoms with Gasteiger partial charge >= 0.3 is 0 Å². The molecule has 1 aromatic heterocycles. The molecule has 2 aromatic rings. The fourth-order valence-electron chi connectivity index (χ4n) is 4.08. The van der Waals surface area contributed by atoms with Gasteiger partial charge < -0.3 is 10.2 Å². The van der Waals surface area contributed by atoms with E-state index in [9.17, 15) is 14.4 Å². The van der Waals surface area contributed by atoms with Crippen LogP contribution < -0.4 is 16.4 Å². The number of H-pyrrole nitrogens is 1. The van der Waals surface area contributed by atoms with E-state index in [0.717, 1.165) is 45.7 Å². The Morgan fingerprint density at radius 3 is 2.54 bits per heavy atom. The first-order chi connectivity index (χ1) is 13.1. The Bertz CT molecular complexity index is 950. The minimum atomic E-state index is -0.308. The van der Waals surface area contributed by atoms with E-state index in [4.69, 9.17) is 0 Å². The summed E-state index contributed by atoms with van der Waals surface area (Å²) in [6.45, 7) is 5.76. The van der Waals surface area contributed by atoms with Crippen molar-refractivity contribution in [2.24, 2.45) is 0 Å². The van der Waals surface area contributed by atoms with Crippen LogP contribution in [0.5, 0.6) is 0 Å². The van der Waals surface area contributed by atoms with Crippen molar-refractivity contribution in [3.05, 3.63) is 45.0 Å². The lowest BCUT2D eigenvalue weighted by molar-refractivity contribution is -0.130. The summed E-state index contributed by atoms with van der Waals surface area (Å²) in [5, 5.41) is 6.70. The van der Waals surface area contributed by atoms with Gasteiger partial charge in [-0.05, 0) is 18.6 Å². The number of aryl methyl sites for hydroxylation is 1. The summed E-state index contributed by atoms with van der Waals surface area (Å²) >= 11 is 0. The number of amides is 1. The van der Waals surface area contributed by atoms with E-state index in [-0.39, 0.29) is 42.4 Å². The first kappa shape index (κ1) is 20.6. The van der Waals surface area contributed by atoms with Gasteiger partial charge in [-0.1, -0.05) is 12.1 Å². The quantitative estimate of drug-likeness (QED) is 0.745. The summed E-state index contributed by atoms with van der Waals surface area (Å²) in [5.74, 6) is 0.0357. The van der Waals surface area contributed by atoms with Gasteiger partial charge in [-0.2, -0.15) is 0 Å². The van der Waals surface area contributed by atoms with Gasteiger partial charge in [0.05, 0.1) is 17.3 Å². The Labute approximate surface area is 168 Å². The molecule has 2 aliphatic heterocycles. The monoisotopic (exact) mass is 407 g/mol. The largest absolute Gasteiger partial charge is 0.341 e. The summed E-state index contributed by atoms with van der Waals surface area (Å²) in [6.07, 6.45) is 1.21. The van der Waals surface area contributed by atoms with Crippen molar-refractivity contribution in [3.63, 3.8) is 0 Å². The van der Waals surface area contributed by atoms with Crippen molar-refractivity contribution in [3.8, 4) is 0 Å². The number of rotatable bonds is 4. The van der Waals surface area contributed by atoms with Gasteiger partial charge in [-0.25, -0.2) is 4.68 Å². The maximum Gasteiger partial charge on any atom is 0.273 e.